The number of aldehydes is 1. The van der Waals surface area contributed by atoms with Gasteiger partial charge in [-0.25, -0.2) is 0 Å². The Balaban J connectivity index is 1.72. The van der Waals surface area contributed by atoms with E-state index < -0.39 is 0 Å². The summed E-state index contributed by atoms with van der Waals surface area (Å²) in [5, 5.41) is 0. The first-order valence-electron chi connectivity index (χ1n) is 6.50. The Hall–Kier alpha value is -0.910. The highest BCUT2D eigenvalue weighted by atomic mass is 79.9. The number of carbonyl (C=O) groups is 1. The lowest BCUT2D eigenvalue weighted by atomic mass is 10.0. The third-order valence-electron chi connectivity index (χ3n) is 3.79. The number of rotatable bonds is 2. The molecule has 0 bridgehead atoms. The van der Waals surface area contributed by atoms with E-state index in [0.717, 1.165) is 42.4 Å². The normalized spacial score (nSPS) is 21.8. The van der Waals surface area contributed by atoms with Crippen LogP contribution in [0.3, 0.4) is 0 Å². The zero-order valence-corrected chi connectivity index (χ0v) is 12.2. The molecule has 0 N–H and O–H groups in total. The summed E-state index contributed by atoms with van der Waals surface area (Å²) >= 11 is 3.54. The summed E-state index contributed by atoms with van der Waals surface area (Å²) in [6, 6.07) is 5.69. The second kappa shape index (κ2) is 5.23. The number of benzene rings is 1. The van der Waals surface area contributed by atoms with Crippen LogP contribution in [0.25, 0.3) is 0 Å². The predicted octanol–water partition coefficient (Wildman–Crippen LogP) is 2.60. The molecule has 0 saturated carbocycles. The lowest BCUT2D eigenvalue weighted by molar-refractivity contribution is -0.169. The predicted molar refractivity (Wildman–Crippen MR) is 75.6 cm³/mol. The van der Waals surface area contributed by atoms with Crippen molar-refractivity contribution in [1.29, 1.82) is 0 Å². The number of piperidine rings is 1. The van der Waals surface area contributed by atoms with E-state index in [4.69, 9.17) is 9.47 Å². The summed E-state index contributed by atoms with van der Waals surface area (Å²) in [7, 11) is 0. The van der Waals surface area contributed by atoms with Gasteiger partial charge in [0.25, 0.3) is 0 Å². The molecule has 0 radical (unpaired) electrons. The summed E-state index contributed by atoms with van der Waals surface area (Å²) < 4.78 is 12.4. The number of anilines is 1. The Morgan fingerprint density at radius 2 is 1.89 bits per heavy atom. The van der Waals surface area contributed by atoms with Gasteiger partial charge in [0, 0.05) is 36.0 Å². The van der Waals surface area contributed by atoms with Crippen LogP contribution in [0.4, 0.5) is 5.69 Å². The molecule has 2 saturated heterocycles. The van der Waals surface area contributed by atoms with E-state index in [2.05, 4.69) is 20.8 Å². The fourth-order valence-corrected chi connectivity index (χ4v) is 3.37. The summed E-state index contributed by atoms with van der Waals surface area (Å²) in [6.45, 7) is 3.22. The minimum atomic E-state index is -0.342. The average Bonchev–Trinajstić information content (AvgIpc) is 2.88. The van der Waals surface area contributed by atoms with Crippen LogP contribution in [-0.2, 0) is 9.47 Å². The van der Waals surface area contributed by atoms with Gasteiger partial charge in [-0.05, 0) is 34.1 Å². The van der Waals surface area contributed by atoms with Crippen LogP contribution in [0.2, 0.25) is 0 Å². The highest BCUT2D eigenvalue weighted by Crippen LogP contribution is 2.35. The van der Waals surface area contributed by atoms with Gasteiger partial charge in [0.15, 0.2) is 5.79 Å². The number of carbonyl (C=O) groups excluding carboxylic acids is 1. The Kier molecular flexibility index (Phi) is 3.60. The summed E-state index contributed by atoms with van der Waals surface area (Å²) in [4.78, 5) is 13.0. The van der Waals surface area contributed by atoms with Crippen molar-refractivity contribution < 1.29 is 14.3 Å². The van der Waals surface area contributed by atoms with Crippen LogP contribution in [0.15, 0.2) is 22.7 Å². The third kappa shape index (κ3) is 2.55. The zero-order valence-electron chi connectivity index (χ0n) is 10.6. The highest BCUT2D eigenvalue weighted by molar-refractivity contribution is 9.10. The molecule has 2 aliphatic heterocycles. The van der Waals surface area contributed by atoms with E-state index in [1.807, 2.05) is 18.2 Å². The lowest BCUT2D eigenvalue weighted by Crippen LogP contribution is -2.45. The van der Waals surface area contributed by atoms with E-state index in [1.54, 1.807) is 0 Å². The van der Waals surface area contributed by atoms with Crippen molar-refractivity contribution in [2.45, 2.75) is 18.6 Å². The van der Waals surface area contributed by atoms with Gasteiger partial charge in [-0.15, -0.1) is 0 Å². The molecule has 1 aromatic rings. The second-order valence-corrected chi connectivity index (χ2v) is 5.78. The van der Waals surface area contributed by atoms with Gasteiger partial charge in [-0.1, -0.05) is 0 Å². The van der Waals surface area contributed by atoms with Crippen LogP contribution in [0.5, 0.6) is 0 Å². The fourth-order valence-electron chi connectivity index (χ4n) is 2.73. The topological polar surface area (TPSA) is 38.8 Å². The van der Waals surface area contributed by atoms with Gasteiger partial charge in [-0.3, -0.25) is 4.79 Å². The van der Waals surface area contributed by atoms with E-state index in [9.17, 15) is 4.79 Å². The van der Waals surface area contributed by atoms with Crippen molar-refractivity contribution in [3.8, 4) is 0 Å². The molecule has 4 nitrogen and oxygen atoms in total. The van der Waals surface area contributed by atoms with Gasteiger partial charge in [0.2, 0.25) is 0 Å². The summed E-state index contributed by atoms with van der Waals surface area (Å²) in [5.74, 6) is -0.342. The number of ether oxygens (including phenoxy) is 2. The van der Waals surface area contributed by atoms with Crippen LogP contribution < -0.4 is 4.90 Å². The first kappa shape index (κ1) is 13.1. The Bertz CT molecular complexity index is 476. The monoisotopic (exact) mass is 325 g/mol. The Morgan fingerprint density at radius 3 is 2.47 bits per heavy atom. The van der Waals surface area contributed by atoms with Crippen molar-refractivity contribution in [3.63, 3.8) is 0 Å². The van der Waals surface area contributed by atoms with Crippen LogP contribution in [0, 0.1) is 0 Å². The van der Waals surface area contributed by atoms with Gasteiger partial charge >= 0.3 is 0 Å². The van der Waals surface area contributed by atoms with Crippen LogP contribution in [0.1, 0.15) is 23.2 Å². The molecule has 5 heteroatoms. The van der Waals surface area contributed by atoms with Crippen molar-refractivity contribution in [2.24, 2.45) is 0 Å². The standard InChI is InChI=1S/C14H16BrNO3/c15-12-9-11(10-17)1-2-13(12)16-5-3-14(4-6-16)18-7-8-19-14/h1-2,9-10H,3-8H2. The number of nitrogens with zero attached hydrogens (tertiary/aromatic N) is 1. The molecule has 1 spiro atoms. The number of halogens is 1. The van der Waals surface area contributed by atoms with Crippen LogP contribution in [-0.4, -0.2) is 38.4 Å². The molecule has 0 amide bonds. The average molecular weight is 326 g/mol. The maximum Gasteiger partial charge on any atom is 0.171 e. The Morgan fingerprint density at radius 1 is 1.21 bits per heavy atom. The van der Waals surface area contributed by atoms with Crippen molar-refractivity contribution in [3.05, 3.63) is 28.2 Å². The molecule has 3 rings (SSSR count). The van der Waals surface area contributed by atoms with Gasteiger partial charge in [0.05, 0.1) is 18.9 Å². The largest absolute Gasteiger partial charge is 0.370 e. The molecule has 1 aromatic carbocycles. The van der Waals surface area contributed by atoms with Gasteiger partial charge in [-0.2, -0.15) is 0 Å². The smallest absolute Gasteiger partial charge is 0.171 e. The molecule has 102 valence electrons. The lowest BCUT2D eigenvalue weighted by Gasteiger charge is -2.39. The molecule has 2 aliphatic rings. The first-order chi connectivity index (χ1) is 9.22. The van der Waals surface area contributed by atoms with Crippen molar-refractivity contribution >= 4 is 27.9 Å². The maximum atomic E-state index is 10.7. The summed E-state index contributed by atoms with van der Waals surface area (Å²) in [5.41, 5.74) is 1.81. The maximum absolute atomic E-state index is 10.7. The molecule has 19 heavy (non-hydrogen) atoms. The SMILES string of the molecule is O=Cc1ccc(N2CCC3(CC2)OCCO3)c(Br)c1. The fraction of sp³-hybridized carbons (Fsp3) is 0.500. The van der Waals surface area contributed by atoms with Gasteiger partial charge in [0.1, 0.15) is 6.29 Å². The second-order valence-electron chi connectivity index (χ2n) is 4.92. The third-order valence-corrected chi connectivity index (χ3v) is 4.42. The molecule has 0 atom stereocenters. The van der Waals surface area contributed by atoms with Crippen molar-refractivity contribution in [1.82, 2.24) is 0 Å². The first-order valence-corrected chi connectivity index (χ1v) is 7.29. The molecular weight excluding hydrogens is 310 g/mol. The van der Waals surface area contributed by atoms with Gasteiger partial charge < -0.3 is 14.4 Å². The molecule has 2 heterocycles. The molecule has 0 aromatic heterocycles. The van der Waals surface area contributed by atoms with E-state index in [1.165, 1.54) is 0 Å². The molecule has 2 fully saturated rings. The summed E-state index contributed by atoms with van der Waals surface area (Å²) in [6.07, 6.45) is 2.63. The Labute approximate surface area is 120 Å². The van der Waals surface area contributed by atoms with E-state index >= 15 is 0 Å². The minimum Gasteiger partial charge on any atom is -0.370 e. The highest BCUT2D eigenvalue weighted by Gasteiger charge is 2.39. The quantitative estimate of drug-likeness (QED) is 0.783. The van der Waals surface area contributed by atoms with E-state index in [-0.39, 0.29) is 5.79 Å². The number of hydrogen-bond acceptors (Lipinski definition) is 4. The molecule has 0 unspecified atom stereocenters. The molecule has 0 aliphatic carbocycles. The zero-order chi connectivity index (χ0) is 13.3. The minimum absolute atomic E-state index is 0.342. The van der Waals surface area contributed by atoms with Crippen LogP contribution >= 0.6 is 15.9 Å². The number of hydrogen-bond donors (Lipinski definition) is 0. The van der Waals surface area contributed by atoms with Crippen molar-refractivity contribution in [2.75, 3.05) is 31.2 Å². The van der Waals surface area contributed by atoms with E-state index in [0.29, 0.717) is 18.8 Å². The molecular formula is C14H16BrNO3.